The second-order valence-electron chi connectivity index (χ2n) is 4.06. The summed E-state index contributed by atoms with van der Waals surface area (Å²) in [5.41, 5.74) is -0.163. The molecule has 0 radical (unpaired) electrons. The quantitative estimate of drug-likeness (QED) is 0.518. The summed E-state index contributed by atoms with van der Waals surface area (Å²) in [5.74, 6) is 5.79. The lowest BCUT2D eigenvalue weighted by Gasteiger charge is -2.13. The summed E-state index contributed by atoms with van der Waals surface area (Å²) >= 11 is 0. The average Bonchev–Trinajstić information content (AvgIpc) is 2.16. The number of hydrogen-bond donors (Lipinski definition) is 1. The van der Waals surface area contributed by atoms with Crippen LogP contribution in [-0.4, -0.2) is 13.1 Å². The molecule has 0 aliphatic heterocycles. The van der Waals surface area contributed by atoms with Crippen molar-refractivity contribution in [3.8, 4) is 17.9 Å². The van der Waals surface area contributed by atoms with Gasteiger partial charge in [-0.2, -0.15) is 5.26 Å². The summed E-state index contributed by atoms with van der Waals surface area (Å²) in [6.45, 7) is 7.59. The molecule has 0 unspecified atom stereocenters. The van der Waals surface area contributed by atoms with Gasteiger partial charge >= 0.3 is 0 Å². The van der Waals surface area contributed by atoms with E-state index in [1.54, 1.807) is 0 Å². The van der Waals surface area contributed by atoms with Crippen molar-refractivity contribution < 1.29 is 0 Å². The second kappa shape index (κ2) is 7.42. The van der Waals surface area contributed by atoms with Gasteiger partial charge in [-0.05, 0) is 40.2 Å². The van der Waals surface area contributed by atoms with E-state index in [0.29, 0.717) is 0 Å². The molecule has 0 rings (SSSR count). The molecule has 0 aliphatic rings. The molecule has 0 aliphatic carbocycles. The molecule has 2 nitrogen and oxygen atoms in total. The Morgan fingerprint density at radius 2 is 2.00 bits per heavy atom. The Bertz CT molecular complexity index is 237. The van der Waals surface area contributed by atoms with Crippen LogP contribution < -0.4 is 5.32 Å². The fraction of sp³-hybridized carbons (Fsp3) is 0.750. The van der Waals surface area contributed by atoms with Gasteiger partial charge in [0.2, 0.25) is 0 Å². The molecule has 0 saturated heterocycles. The molecule has 0 heterocycles. The van der Waals surface area contributed by atoms with Crippen molar-refractivity contribution in [1.82, 2.24) is 5.32 Å². The molecular formula is C12H20N2. The van der Waals surface area contributed by atoms with Gasteiger partial charge in [0.25, 0.3) is 0 Å². The highest BCUT2D eigenvalue weighted by Crippen LogP contribution is 2.21. The molecule has 1 N–H and O–H groups in total. The van der Waals surface area contributed by atoms with Gasteiger partial charge in [0, 0.05) is 0 Å². The van der Waals surface area contributed by atoms with E-state index in [-0.39, 0.29) is 5.41 Å². The van der Waals surface area contributed by atoms with Crippen LogP contribution in [0, 0.1) is 28.6 Å². The Labute approximate surface area is 87.7 Å². The van der Waals surface area contributed by atoms with Crippen LogP contribution in [0.5, 0.6) is 0 Å². The van der Waals surface area contributed by atoms with Crippen LogP contribution in [0.4, 0.5) is 0 Å². The highest BCUT2D eigenvalue weighted by molar-refractivity contribution is 4.96. The largest absolute Gasteiger partial charge is 0.306 e. The summed E-state index contributed by atoms with van der Waals surface area (Å²) in [4.78, 5) is 0. The maximum Gasteiger partial charge on any atom is 0.0683 e. The average molecular weight is 192 g/mol. The maximum absolute atomic E-state index is 8.78. The Balaban J connectivity index is 3.29. The molecule has 0 aromatic heterocycles. The van der Waals surface area contributed by atoms with Crippen LogP contribution in [0.1, 0.15) is 40.0 Å². The summed E-state index contributed by atoms with van der Waals surface area (Å²) < 4.78 is 0. The van der Waals surface area contributed by atoms with Crippen molar-refractivity contribution in [1.29, 1.82) is 5.26 Å². The number of nitrogens with zero attached hydrogens (tertiary/aromatic N) is 1. The molecule has 0 aromatic rings. The van der Waals surface area contributed by atoms with Crippen LogP contribution in [0.3, 0.4) is 0 Å². The van der Waals surface area contributed by atoms with Crippen LogP contribution in [0.15, 0.2) is 0 Å². The van der Waals surface area contributed by atoms with E-state index in [1.807, 2.05) is 20.8 Å². The lowest BCUT2D eigenvalue weighted by molar-refractivity contribution is 0.424. The van der Waals surface area contributed by atoms with Crippen LogP contribution >= 0.6 is 0 Å². The zero-order valence-electron chi connectivity index (χ0n) is 9.48. The minimum atomic E-state index is -0.163. The topological polar surface area (TPSA) is 35.8 Å². The summed E-state index contributed by atoms with van der Waals surface area (Å²) in [7, 11) is 0. The minimum Gasteiger partial charge on any atom is -0.306 e. The summed E-state index contributed by atoms with van der Waals surface area (Å²) in [5, 5.41) is 12.0. The predicted octanol–water partition coefficient (Wildman–Crippen LogP) is 2.32. The van der Waals surface area contributed by atoms with Gasteiger partial charge in [-0.3, -0.25) is 0 Å². The maximum atomic E-state index is 8.78. The monoisotopic (exact) mass is 192 g/mol. The van der Waals surface area contributed by atoms with E-state index in [0.717, 1.165) is 32.4 Å². The summed E-state index contributed by atoms with van der Waals surface area (Å²) in [6, 6.07) is 2.31. The van der Waals surface area contributed by atoms with E-state index in [2.05, 4.69) is 23.2 Å². The van der Waals surface area contributed by atoms with E-state index >= 15 is 0 Å². The molecule has 0 saturated carbocycles. The molecular weight excluding hydrogens is 172 g/mol. The molecule has 14 heavy (non-hydrogen) atoms. The van der Waals surface area contributed by atoms with E-state index in [9.17, 15) is 0 Å². The first-order valence-electron chi connectivity index (χ1n) is 5.14. The molecule has 0 bridgehead atoms. The molecule has 0 aromatic carbocycles. The molecule has 0 fully saturated rings. The van der Waals surface area contributed by atoms with E-state index < -0.39 is 0 Å². The van der Waals surface area contributed by atoms with Gasteiger partial charge in [-0.1, -0.05) is 12.3 Å². The Kier molecular flexibility index (Phi) is 6.89. The normalized spacial score (nSPS) is 10.1. The van der Waals surface area contributed by atoms with E-state index in [1.165, 1.54) is 0 Å². The zero-order chi connectivity index (χ0) is 10.9. The van der Waals surface area contributed by atoms with Crippen molar-refractivity contribution in [2.75, 3.05) is 13.1 Å². The van der Waals surface area contributed by atoms with Crippen LogP contribution in [-0.2, 0) is 0 Å². The second-order valence-corrected chi connectivity index (χ2v) is 4.06. The van der Waals surface area contributed by atoms with Crippen molar-refractivity contribution in [2.45, 2.75) is 40.0 Å². The smallest absolute Gasteiger partial charge is 0.0683 e. The first-order valence-corrected chi connectivity index (χ1v) is 5.14. The molecule has 0 atom stereocenters. The fourth-order valence-corrected chi connectivity index (χ4v) is 1.11. The molecule has 2 heteroatoms. The first-order chi connectivity index (χ1) is 6.62. The van der Waals surface area contributed by atoms with Gasteiger partial charge < -0.3 is 5.32 Å². The lowest BCUT2D eigenvalue weighted by atomic mass is 9.89. The van der Waals surface area contributed by atoms with Crippen molar-refractivity contribution >= 4 is 0 Å². The van der Waals surface area contributed by atoms with Crippen molar-refractivity contribution in [2.24, 2.45) is 5.41 Å². The van der Waals surface area contributed by atoms with Gasteiger partial charge in [-0.15, -0.1) is 5.92 Å². The van der Waals surface area contributed by atoms with E-state index in [4.69, 9.17) is 5.26 Å². The third-order valence-electron chi connectivity index (χ3n) is 2.10. The van der Waals surface area contributed by atoms with Gasteiger partial charge in [0.1, 0.15) is 0 Å². The minimum absolute atomic E-state index is 0.163. The van der Waals surface area contributed by atoms with Gasteiger partial charge in [0.15, 0.2) is 0 Å². The molecule has 0 spiro atoms. The lowest BCUT2D eigenvalue weighted by Crippen LogP contribution is -2.16. The predicted molar refractivity (Wildman–Crippen MR) is 59.6 cm³/mol. The fourth-order valence-electron chi connectivity index (χ4n) is 1.11. The first kappa shape index (κ1) is 13.0. The Hall–Kier alpha value is -0.990. The zero-order valence-corrected chi connectivity index (χ0v) is 9.48. The van der Waals surface area contributed by atoms with Crippen LogP contribution in [0.2, 0.25) is 0 Å². The highest BCUT2D eigenvalue weighted by atomic mass is 14.8. The number of nitrogens with one attached hydrogen (secondary N) is 1. The standard InChI is InChI=1S/C12H20N2/c1-4-5-9-14-10-7-6-8-12(2,3)11-13/h14H,6-10H2,1-3H3. The third kappa shape index (κ3) is 7.65. The van der Waals surface area contributed by atoms with Crippen LogP contribution in [0.25, 0.3) is 0 Å². The van der Waals surface area contributed by atoms with Gasteiger partial charge in [0.05, 0.1) is 18.0 Å². The number of unbranched alkanes of at least 4 members (excludes halogenated alkanes) is 1. The highest BCUT2D eigenvalue weighted by Gasteiger charge is 2.14. The van der Waals surface area contributed by atoms with Crippen molar-refractivity contribution in [3.05, 3.63) is 0 Å². The molecule has 78 valence electrons. The third-order valence-corrected chi connectivity index (χ3v) is 2.10. The van der Waals surface area contributed by atoms with Gasteiger partial charge in [-0.25, -0.2) is 0 Å². The Morgan fingerprint density at radius 1 is 1.29 bits per heavy atom. The number of rotatable bonds is 6. The summed E-state index contributed by atoms with van der Waals surface area (Å²) in [6.07, 6.45) is 3.20. The Morgan fingerprint density at radius 3 is 2.57 bits per heavy atom. The number of nitriles is 1. The van der Waals surface area contributed by atoms with Crippen molar-refractivity contribution in [3.63, 3.8) is 0 Å². The molecule has 0 amide bonds. The SMILES string of the molecule is CC#CCNCCCCC(C)(C)C#N. The number of hydrogen-bond acceptors (Lipinski definition) is 2.